The summed E-state index contributed by atoms with van der Waals surface area (Å²) in [6.45, 7) is 6.60. The molecule has 0 bridgehead atoms. The van der Waals surface area contributed by atoms with Crippen LogP contribution in [-0.2, 0) is 6.42 Å². The third-order valence-electron chi connectivity index (χ3n) is 4.02. The van der Waals surface area contributed by atoms with Crippen molar-refractivity contribution < 1.29 is 0 Å². The Balaban J connectivity index is 1.80. The molecule has 0 aliphatic heterocycles. The minimum atomic E-state index is 0.558. The van der Waals surface area contributed by atoms with Gasteiger partial charge in [-0.1, -0.05) is 63.2 Å². The van der Waals surface area contributed by atoms with Crippen LogP contribution < -0.4 is 5.32 Å². The maximum atomic E-state index is 4.73. The van der Waals surface area contributed by atoms with Gasteiger partial charge >= 0.3 is 0 Å². The predicted octanol–water partition coefficient (Wildman–Crippen LogP) is 6.24. The average molecular weight is 322 g/mol. The van der Waals surface area contributed by atoms with E-state index in [4.69, 9.17) is 4.98 Å². The highest BCUT2D eigenvalue weighted by Crippen LogP contribution is 2.29. The monoisotopic (exact) mass is 322 g/mol. The molecule has 2 nitrogen and oxygen atoms in total. The fraction of sp³-hybridized carbons (Fsp3) is 0.250. The largest absolute Gasteiger partial charge is 0.331 e. The second-order valence-electron chi connectivity index (χ2n) is 5.95. The third kappa shape index (κ3) is 3.62. The molecule has 0 aliphatic carbocycles. The highest BCUT2D eigenvalue weighted by atomic mass is 32.1. The zero-order valence-corrected chi connectivity index (χ0v) is 14.7. The molecule has 0 amide bonds. The average Bonchev–Trinajstić information content (AvgIpc) is 3.04. The highest BCUT2D eigenvalue weighted by Gasteiger charge is 2.07. The van der Waals surface area contributed by atoms with E-state index >= 15 is 0 Å². The highest BCUT2D eigenvalue weighted by molar-refractivity contribution is 7.14. The lowest BCUT2D eigenvalue weighted by Crippen LogP contribution is -1.94. The number of anilines is 2. The lowest BCUT2D eigenvalue weighted by atomic mass is 10.0. The van der Waals surface area contributed by atoms with Crippen molar-refractivity contribution in [3.8, 4) is 11.3 Å². The van der Waals surface area contributed by atoms with Crippen molar-refractivity contribution in [2.24, 2.45) is 0 Å². The molecule has 0 unspecified atom stereocenters. The number of hydrogen-bond donors (Lipinski definition) is 1. The smallest absolute Gasteiger partial charge is 0.187 e. The number of hydrogen-bond acceptors (Lipinski definition) is 3. The molecular weight excluding hydrogens is 300 g/mol. The van der Waals surface area contributed by atoms with Crippen LogP contribution in [0.1, 0.15) is 37.8 Å². The molecule has 23 heavy (non-hydrogen) atoms. The molecule has 3 aromatic rings. The molecule has 0 saturated carbocycles. The summed E-state index contributed by atoms with van der Waals surface area (Å²) in [6.07, 6.45) is 1.01. The Bertz CT molecular complexity index is 772. The number of thiazole rings is 1. The Hall–Kier alpha value is -2.13. The van der Waals surface area contributed by atoms with Crippen LogP contribution >= 0.6 is 11.3 Å². The molecular formula is C20H22N2S. The minimum absolute atomic E-state index is 0.558. The van der Waals surface area contributed by atoms with Gasteiger partial charge in [0.1, 0.15) is 0 Å². The van der Waals surface area contributed by atoms with Gasteiger partial charge < -0.3 is 5.32 Å². The molecule has 1 heterocycles. The lowest BCUT2D eigenvalue weighted by Gasteiger charge is -2.08. The number of aromatic nitrogens is 1. The summed E-state index contributed by atoms with van der Waals surface area (Å²) in [5.74, 6) is 0.558. The molecule has 1 N–H and O–H groups in total. The number of nitrogens with one attached hydrogen (secondary N) is 1. The Labute approximate surface area is 142 Å². The molecule has 1 aromatic heterocycles. The van der Waals surface area contributed by atoms with E-state index in [0.29, 0.717) is 5.92 Å². The van der Waals surface area contributed by atoms with Gasteiger partial charge in [0.15, 0.2) is 5.13 Å². The first-order valence-corrected chi connectivity index (χ1v) is 8.96. The molecule has 0 atom stereocenters. The number of aryl methyl sites for hydroxylation is 1. The minimum Gasteiger partial charge on any atom is -0.331 e. The van der Waals surface area contributed by atoms with Gasteiger partial charge in [-0.3, -0.25) is 0 Å². The van der Waals surface area contributed by atoms with Crippen molar-refractivity contribution in [3.05, 3.63) is 65.0 Å². The van der Waals surface area contributed by atoms with E-state index in [-0.39, 0.29) is 0 Å². The van der Waals surface area contributed by atoms with E-state index in [1.807, 2.05) is 0 Å². The van der Waals surface area contributed by atoms with Crippen LogP contribution in [0.3, 0.4) is 0 Å². The number of nitrogens with zero attached hydrogens (tertiary/aromatic N) is 1. The fourth-order valence-corrected chi connectivity index (χ4v) is 3.30. The van der Waals surface area contributed by atoms with Gasteiger partial charge in [-0.2, -0.15) is 0 Å². The van der Waals surface area contributed by atoms with E-state index in [1.54, 1.807) is 11.3 Å². The summed E-state index contributed by atoms with van der Waals surface area (Å²) < 4.78 is 0. The number of rotatable bonds is 5. The zero-order chi connectivity index (χ0) is 16.2. The van der Waals surface area contributed by atoms with Crippen LogP contribution in [0.25, 0.3) is 11.3 Å². The number of para-hydroxylation sites is 1. The Morgan fingerprint density at radius 2 is 1.78 bits per heavy atom. The zero-order valence-electron chi connectivity index (χ0n) is 13.8. The third-order valence-corrected chi connectivity index (χ3v) is 4.77. The van der Waals surface area contributed by atoms with Crippen LogP contribution in [0.5, 0.6) is 0 Å². The second-order valence-corrected chi connectivity index (χ2v) is 6.81. The van der Waals surface area contributed by atoms with E-state index in [1.165, 1.54) is 16.7 Å². The second kappa shape index (κ2) is 6.97. The van der Waals surface area contributed by atoms with E-state index in [9.17, 15) is 0 Å². The summed E-state index contributed by atoms with van der Waals surface area (Å²) in [5.41, 5.74) is 6.01. The molecule has 0 aliphatic rings. The molecule has 118 valence electrons. The maximum absolute atomic E-state index is 4.73. The van der Waals surface area contributed by atoms with Crippen molar-refractivity contribution in [1.29, 1.82) is 0 Å². The van der Waals surface area contributed by atoms with Gasteiger partial charge in [0.05, 0.1) is 5.69 Å². The number of benzene rings is 2. The van der Waals surface area contributed by atoms with Gasteiger partial charge in [-0.05, 0) is 29.5 Å². The van der Waals surface area contributed by atoms with Gasteiger partial charge in [-0.15, -0.1) is 11.3 Å². The van der Waals surface area contributed by atoms with Crippen molar-refractivity contribution in [2.45, 2.75) is 33.1 Å². The van der Waals surface area contributed by atoms with E-state index in [0.717, 1.165) is 22.9 Å². The van der Waals surface area contributed by atoms with Crippen molar-refractivity contribution in [2.75, 3.05) is 5.32 Å². The van der Waals surface area contributed by atoms with Crippen molar-refractivity contribution in [3.63, 3.8) is 0 Å². The van der Waals surface area contributed by atoms with Crippen LogP contribution in [0.2, 0.25) is 0 Å². The topological polar surface area (TPSA) is 24.9 Å². The van der Waals surface area contributed by atoms with Gasteiger partial charge in [0.2, 0.25) is 0 Å². The molecule has 0 spiro atoms. The molecule has 0 radical (unpaired) electrons. The summed E-state index contributed by atoms with van der Waals surface area (Å²) in [6, 6.07) is 17.1. The molecule has 0 saturated heterocycles. The first-order valence-electron chi connectivity index (χ1n) is 8.08. The Morgan fingerprint density at radius 3 is 2.48 bits per heavy atom. The van der Waals surface area contributed by atoms with Gasteiger partial charge in [0.25, 0.3) is 0 Å². The molecule has 3 heteroatoms. The van der Waals surface area contributed by atoms with Gasteiger partial charge in [0, 0.05) is 16.6 Å². The summed E-state index contributed by atoms with van der Waals surface area (Å²) in [5, 5.41) is 6.50. The maximum Gasteiger partial charge on any atom is 0.187 e. The summed E-state index contributed by atoms with van der Waals surface area (Å²) in [4.78, 5) is 4.73. The molecule has 2 aromatic carbocycles. The SMILES string of the molecule is CCc1ccccc1Nc1nc(-c2ccc(C(C)C)cc2)cs1. The van der Waals surface area contributed by atoms with Crippen molar-refractivity contribution >= 4 is 22.2 Å². The first kappa shape index (κ1) is 15.8. The standard InChI is InChI=1S/C20H22N2S/c1-4-15-7-5-6-8-18(15)21-20-22-19(13-23-20)17-11-9-16(10-12-17)14(2)3/h5-14H,4H2,1-3H3,(H,21,22). The van der Waals surface area contributed by atoms with Crippen LogP contribution in [0.15, 0.2) is 53.9 Å². The van der Waals surface area contributed by atoms with Crippen LogP contribution in [-0.4, -0.2) is 4.98 Å². The van der Waals surface area contributed by atoms with E-state index in [2.05, 4.69) is 80.0 Å². The normalized spacial score (nSPS) is 11.0. The van der Waals surface area contributed by atoms with Crippen LogP contribution in [0, 0.1) is 0 Å². The van der Waals surface area contributed by atoms with E-state index < -0.39 is 0 Å². The fourth-order valence-electron chi connectivity index (χ4n) is 2.57. The quantitative estimate of drug-likeness (QED) is 0.601. The lowest BCUT2D eigenvalue weighted by molar-refractivity contribution is 0.867. The summed E-state index contributed by atoms with van der Waals surface area (Å²) in [7, 11) is 0. The summed E-state index contributed by atoms with van der Waals surface area (Å²) >= 11 is 1.65. The Morgan fingerprint density at radius 1 is 1.04 bits per heavy atom. The van der Waals surface area contributed by atoms with Crippen molar-refractivity contribution in [1.82, 2.24) is 4.98 Å². The van der Waals surface area contributed by atoms with Gasteiger partial charge in [-0.25, -0.2) is 4.98 Å². The Kier molecular flexibility index (Phi) is 4.77. The first-order chi connectivity index (χ1) is 11.2. The molecule has 0 fully saturated rings. The molecule has 3 rings (SSSR count). The van der Waals surface area contributed by atoms with Crippen LogP contribution in [0.4, 0.5) is 10.8 Å². The predicted molar refractivity (Wildman–Crippen MR) is 101 cm³/mol.